The number of hydrogen-bond acceptors (Lipinski definition) is 4. The summed E-state index contributed by atoms with van der Waals surface area (Å²) in [4.78, 5) is 17.2. The van der Waals surface area contributed by atoms with Crippen molar-refractivity contribution >= 4 is 22.3 Å². The molecule has 5 aromatic rings. The lowest BCUT2D eigenvalue weighted by atomic mass is 10.1. The van der Waals surface area contributed by atoms with Crippen molar-refractivity contribution in [2.75, 3.05) is 0 Å². The van der Waals surface area contributed by atoms with Crippen molar-refractivity contribution < 1.29 is 0 Å². The summed E-state index contributed by atoms with van der Waals surface area (Å²) in [5.41, 5.74) is 7.43. The maximum absolute atomic E-state index is 4.72. The number of para-hydroxylation sites is 3. The summed E-state index contributed by atoms with van der Waals surface area (Å²) in [5.74, 6) is 0.846. The van der Waals surface area contributed by atoms with Crippen molar-refractivity contribution in [3.05, 3.63) is 77.4 Å². The summed E-state index contributed by atoms with van der Waals surface area (Å²) >= 11 is 0. The van der Waals surface area contributed by atoms with Crippen LogP contribution in [0.15, 0.2) is 54.6 Å². The van der Waals surface area contributed by atoms with Crippen LogP contribution in [-0.2, 0) is 6.42 Å². The predicted octanol–water partition coefficient (Wildman–Crippen LogP) is 3.90. The standard InChI is InChI=1S/C21H18N6/c1-13-16(14(2)27(26-13)15-8-4-3-5-9-15)12-19-24-20-21(25-19)23-18-11-7-6-10-17(18)22-20/h3-11H,12H2,1-2H3,(H,22,23,24,25). The Morgan fingerprint density at radius 3 is 2.33 bits per heavy atom. The van der Waals surface area contributed by atoms with E-state index in [9.17, 15) is 0 Å². The number of nitrogens with one attached hydrogen (secondary N) is 1. The molecule has 2 aromatic carbocycles. The number of nitrogens with zero attached hydrogens (tertiary/aromatic N) is 5. The Morgan fingerprint density at radius 1 is 0.852 bits per heavy atom. The zero-order valence-corrected chi connectivity index (χ0v) is 15.1. The van der Waals surface area contributed by atoms with E-state index in [2.05, 4.69) is 39.0 Å². The highest BCUT2D eigenvalue weighted by molar-refractivity contribution is 5.82. The van der Waals surface area contributed by atoms with Gasteiger partial charge in [0.15, 0.2) is 11.3 Å². The SMILES string of the molecule is Cc1nn(-c2ccccc2)c(C)c1Cc1nc2nc3ccccc3nc2[nH]1. The molecule has 27 heavy (non-hydrogen) atoms. The van der Waals surface area contributed by atoms with Gasteiger partial charge in [-0.25, -0.2) is 19.6 Å². The first-order valence-electron chi connectivity index (χ1n) is 8.91. The van der Waals surface area contributed by atoms with Gasteiger partial charge in [-0.15, -0.1) is 0 Å². The molecule has 0 aliphatic rings. The second-order valence-corrected chi connectivity index (χ2v) is 6.64. The summed E-state index contributed by atoms with van der Waals surface area (Å²) in [5, 5.41) is 4.72. The first kappa shape index (κ1) is 15.7. The smallest absolute Gasteiger partial charge is 0.198 e. The van der Waals surface area contributed by atoms with Crippen molar-refractivity contribution in [2.45, 2.75) is 20.3 Å². The molecule has 3 heterocycles. The molecule has 0 aliphatic heterocycles. The molecule has 0 bridgehead atoms. The molecule has 6 heteroatoms. The van der Waals surface area contributed by atoms with Crippen LogP contribution in [0.4, 0.5) is 0 Å². The molecule has 0 fully saturated rings. The normalized spacial score (nSPS) is 11.5. The number of aromatic nitrogens is 6. The number of aromatic amines is 1. The molecule has 0 aliphatic carbocycles. The molecule has 0 saturated heterocycles. The molecule has 0 spiro atoms. The molecule has 3 aromatic heterocycles. The highest BCUT2D eigenvalue weighted by Crippen LogP contribution is 2.21. The first-order valence-corrected chi connectivity index (χ1v) is 8.91. The van der Waals surface area contributed by atoms with Crippen LogP contribution in [0.1, 0.15) is 22.8 Å². The highest BCUT2D eigenvalue weighted by atomic mass is 15.3. The van der Waals surface area contributed by atoms with Crippen molar-refractivity contribution in [3.63, 3.8) is 0 Å². The molecular weight excluding hydrogens is 336 g/mol. The lowest BCUT2D eigenvalue weighted by molar-refractivity contribution is 0.832. The third kappa shape index (κ3) is 2.66. The Bertz CT molecular complexity index is 1210. The number of fused-ring (bicyclic) bond motifs is 2. The summed E-state index contributed by atoms with van der Waals surface area (Å²) in [6, 6.07) is 18.0. The monoisotopic (exact) mass is 354 g/mol. The minimum absolute atomic E-state index is 0.648. The van der Waals surface area contributed by atoms with E-state index in [1.807, 2.05) is 54.1 Å². The van der Waals surface area contributed by atoms with Gasteiger partial charge in [-0.05, 0) is 38.1 Å². The zero-order valence-electron chi connectivity index (χ0n) is 15.1. The topological polar surface area (TPSA) is 72.3 Å². The molecular formula is C21H18N6. The lowest BCUT2D eigenvalue weighted by Crippen LogP contribution is -1.99. The Hall–Kier alpha value is -3.54. The van der Waals surface area contributed by atoms with Gasteiger partial charge in [0, 0.05) is 17.7 Å². The third-order valence-electron chi connectivity index (χ3n) is 4.84. The molecule has 0 amide bonds. The second-order valence-electron chi connectivity index (χ2n) is 6.64. The number of hydrogen-bond donors (Lipinski definition) is 1. The third-order valence-corrected chi connectivity index (χ3v) is 4.84. The van der Waals surface area contributed by atoms with Gasteiger partial charge in [0.05, 0.1) is 22.4 Å². The van der Waals surface area contributed by atoms with Crippen LogP contribution >= 0.6 is 0 Å². The number of aryl methyl sites for hydroxylation is 1. The van der Waals surface area contributed by atoms with Crippen molar-refractivity contribution in [3.8, 4) is 5.69 Å². The fourth-order valence-corrected chi connectivity index (χ4v) is 3.45. The van der Waals surface area contributed by atoms with Gasteiger partial charge in [0.1, 0.15) is 5.82 Å². The highest BCUT2D eigenvalue weighted by Gasteiger charge is 2.16. The van der Waals surface area contributed by atoms with Crippen LogP contribution in [0.25, 0.3) is 28.0 Å². The molecule has 1 N–H and O–H groups in total. The average Bonchev–Trinajstić information content (AvgIpc) is 3.21. The Kier molecular flexibility index (Phi) is 3.50. The molecule has 0 unspecified atom stereocenters. The maximum Gasteiger partial charge on any atom is 0.198 e. The molecule has 5 rings (SSSR count). The minimum Gasteiger partial charge on any atom is -0.325 e. The fourth-order valence-electron chi connectivity index (χ4n) is 3.45. The van der Waals surface area contributed by atoms with Gasteiger partial charge in [-0.1, -0.05) is 30.3 Å². The van der Waals surface area contributed by atoms with E-state index in [4.69, 9.17) is 5.10 Å². The number of rotatable bonds is 3. The number of imidazole rings is 1. The van der Waals surface area contributed by atoms with E-state index in [1.54, 1.807) is 0 Å². The van der Waals surface area contributed by atoms with E-state index < -0.39 is 0 Å². The van der Waals surface area contributed by atoms with E-state index >= 15 is 0 Å². The molecule has 6 nitrogen and oxygen atoms in total. The van der Waals surface area contributed by atoms with Gasteiger partial charge in [-0.3, -0.25) is 0 Å². The van der Waals surface area contributed by atoms with Gasteiger partial charge in [0.2, 0.25) is 0 Å². The van der Waals surface area contributed by atoms with Crippen LogP contribution in [0.5, 0.6) is 0 Å². The summed E-state index contributed by atoms with van der Waals surface area (Å²) in [6.45, 7) is 4.13. The second kappa shape index (κ2) is 6.02. The largest absolute Gasteiger partial charge is 0.325 e. The molecule has 132 valence electrons. The minimum atomic E-state index is 0.648. The van der Waals surface area contributed by atoms with E-state index in [1.165, 1.54) is 5.56 Å². The lowest BCUT2D eigenvalue weighted by Gasteiger charge is -2.04. The Balaban J connectivity index is 1.55. The van der Waals surface area contributed by atoms with Crippen LogP contribution in [-0.4, -0.2) is 29.7 Å². The van der Waals surface area contributed by atoms with Gasteiger partial charge < -0.3 is 4.98 Å². The number of H-pyrrole nitrogens is 1. The zero-order chi connectivity index (χ0) is 18.4. The van der Waals surface area contributed by atoms with Gasteiger partial charge in [-0.2, -0.15) is 5.10 Å². The number of benzene rings is 2. The fraction of sp³-hybridized carbons (Fsp3) is 0.143. The van der Waals surface area contributed by atoms with Gasteiger partial charge in [0.25, 0.3) is 0 Å². The van der Waals surface area contributed by atoms with E-state index in [0.29, 0.717) is 12.1 Å². The van der Waals surface area contributed by atoms with Crippen LogP contribution in [0.2, 0.25) is 0 Å². The first-order chi connectivity index (χ1) is 13.2. The quantitative estimate of drug-likeness (QED) is 0.533. The molecule has 0 saturated carbocycles. The summed E-state index contributed by atoms with van der Waals surface area (Å²) < 4.78 is 1.98. The summed E-state index contributed by atoms with van der Waals surface area (Å²) in [6.07, 6.45) is 0.666. The van der Waals surface area contributed by atoms with E-state index in [-0.39, 0.29) is 0 Å². The Morgan fingerprint density at radius 2 is 1.56 bits per heavy atom. The van der Waals surface area contributed by atoms with Crippen molar-refractivity contribution in [1.82, 2.24) is 29.7 Å². The van der Waals surface area contributed by atoms with E-state index in [0.717, 1.165) is 39.6 Å². The van der Waals surface area contributed by atoms with Crippen molar-refractivity contribution in [2.24, 2.45) is 0 Å². The van der Waals surface area contributed by atoms with Crippen LogP contribution < -0.4 is 0 Å². The molecule has 0 atom stereocenters. The van der Waals surface area contributed by atoms with Crippen LogP contribution in [0, 0.1) is 13.8 Å². The Labute approximate surface area is 155 Å². The predicted molar refractivity (Wildman–Crippen MR) is 105 cm³/mol. The maximum atomic E-state index is 4.72. The summed E-state index contributed by atoms with van der Waals surface area (Å²) in [7, 11) is 0. The van der Waals surface area contributed by atoms with Gasteiger partial charge >= 0.3 is 0 Å². The van der Waals surface area contributed by atoms with Crippen molar-refractivity contribution in [1.29, 1.82) is 0 Å². The van der Waals surface area contributed by atoms with Crippen LogP contribution in [0.3, 0.4) is 0 Å². The molecule has 0 radical (unpaired) electrons. The average molecular weight is 354 g/mol.